The average molecular weight is 394 g/mol. The molecule has 0 fully saturated rings. The Balaban J connectivity index is 2.62. The molecule has 5 nitrogen and oxygen atoms in total. The van der Waals surface area contributed by atoms with E-state index in [1.165, 1.54) is 6.26 Å². The van der Waals surface area contributed by atoms with Crippen LogP contribution in [0.2, 0.25) is 10.0 Å². The van der Waals surface area contributed by atoms with Crippen LogP contribution in [-0.2, 0) is 16.3 Å². The van der Waals surface area contributed by atoms with Crippen LogP contribution in [0.25, 0.3) is 0 Å². The molecule has 1 aromatic rings. The lowest BCUT2D eigenvalue weighted by Gasteiger charge is -2.17. The maximum absolute atomic E-state index is 11.2. The van der Waals surface area contributed by atoms with Gasteiger partial charge in [-0.3, -0.25) is 4.99 Å². The molecule has 1 unspecified atom stereocenters. The van der Waals surface area contributed by atoms with Gasteiger partial charge < -0.3 is 10.6 Å². The molecule has 0 saturated heterocycles. The molecule has 0 aliphatic rings. The number of hydrogen-bond acceptors (Lipinski definition) is 3. The molecule has 1 aromatic carbocycles. The van der Waals surface area contributed by atoms with Crippen LogP contribution in [0.4, 0.5) is 0 Å². The smallest absolute Gasteiger partial charge is 0.191 e. The quantitative estimate of drug-likeness (QED) is 0.526. The van der Waals surface area contributed by atoms with Gasteiger partial charge in [-0.05, 0) is 44.4 Å². The largest absolute Gasteiger partial charge is 0.357 e. The lowest BCUT2D eigenvalue weighted by molar-refractivity contribution is 0.581. The highest BCUT2D eigenvalue weighted by molar-refractivity contribution is 7.90. The summed E-state index contributed by atoms with van der Waals surface area (Å²) in [7, 11) is -2.96. The molecular weight excluding hydrogens is 369 g/mol. The van der Waals surface area contributed by atoms with Gasteiger partial charge in [0.1, 0.15) is 9.84 Å². The molecule has 0 aromatic heterocycles. The van der Waals surface area contributed by atoms with E-state index in [1.54, 1.807) is 0 Å². The van der Waals surface area contributed by atoms with Gasteiger partial charge in [-0.1, -0.05) is 29.3 Å². The molecule has 2 N–H and O–H groups in total. The first-order valence-electron chi connectivity index (χ1n) is 7.88. The maximum atomic E-state index is 11.2. The van der Waals surface area contributed by atoms with Gasteiger partial charge in [-0.15, -0.1) is 0 Å². The van der Waals surface area contributed by atoms with Crippen molar-refractivity contribution < 1.29 is 8.42 Å². The summed E-state index contributed by atoms with van der Waals surface area (Å²) in [6.07, 6.45) is 2.40. The molecule has 8 heteroatoms. The Labute approximate surface area is 154 Å². The van der Waals surface area contributed by atoms with Crippen LogP contribution in [0, 0.1) is 0 Å². The Hall–Kier alpha value is -0.980. The van der Waals surface area contributed by atoms with E-state index in [2.05, 4.69) is 15.6 Å². The van der Waals surface area contributed by atoms with E-state index in [0.29, 0.717) is 35.4 Å². The van der Waals surface area contributed by atoms with Crippen LogP contribution < -0.4 is 10.6 Å². The average Bonchev–Trinajstić information content (AvgIpc) is 2.47. The molecule has 0 radical (unpaired) electrons. The van der Waals surface area contributed by atoms with Crippen LogP contribution in [0.5, 0.6) is 0 Å². The van der Waals surface area contributed by atoms with E-state index >= 15 is 0 Å². The maximum Gasteiger partial charge on any atom is 0.191 e. The molecule has 1 atom stereocenters. The zero-order valence-electron chi connectivity index (χ0n) is 14.3. The highest BCUT2D eigenvalue weighted by atomic mass is 35.5. The van der Waals surface area contributed by atoms with Crippen LogP contribution in [-0.4, -0.2) is 45.5 Å². The fraction of sp³-hybridized carbons (Fsp3) is 0.562. The lowest BCUT2D eigenvalue weighted by Crippen LogP contribution is -2.43. The Morgan fingerprint density at radius 2 is 1.92 bits per heavy atom. The summed E-state index contributed by atoms with van der Waals surface area (Å²) in [5.41, 5.74) is 0.880. The molecule has 0 amide bonds. The fourth-order valence-corrected chi connectivity index (χ4v) is 3.44. The van der Waals surface area contributed by atoms with E-state index in [0.717, 1.165) is 12.1 Å². The number of rotatable bonds is 8. The second-order valence-corrected chi connectivity index (χ2v) is 8.75. The number of nitrogens with zero attached hydrogens (tertiary/aromatic N) is 1. The summed E-state index contributed by atoms with van der Waals surface area (Å²) in [4.78, 5) is 4.50. The van der Waals surface area contributed by atoms with Crippen molar-refractivity contribution in [3.05, 3.63) is 33.8 Å². The number of sulfone groups is 1. The van der Waals surface area contributed by atoms with E-state index in [9.17, 15) is 8.42 Å². The third kappa shape index (κ3) is 8.22. The number of hydrogen-bond donors (Lipinski definition) is 2. The van der Waals surface area contributed by atoms with E-state index < -0.39 is 9.84 Å². The summed E-state index contributed by atoms with van der Waals surface area (Å²) in [5, 5.41) is 7.64. The summed E-state index contributed by atoms with van der Waals surface area (Å²) in [6.45, 7) is 5.15. The van der Waals surface area contributed by atoms with Gasteiger partial charge in [0.2, 0.25) is 0 Å². The predicted molar refractivity (Wildman–Crippen MR) is 103 cm³/mol. The third-order valence-corrected chi connectivity index (χ3v) is 5.03. The van der Waals surface area contributed by atoms with Gasteiger partial charge in [-0.2, -0.15) is 0 Å². The van der Waals surface area contributed by atoms with Crippen molar-refractivity contribution in [2.75, 3.05) is 25.1 Å². The van der Waals surface area contributed by atoms with Crippen LogP contribution in [0.15, 0.2) is 23.2 Å². The van der Waals surface area contributed by atoms with Gasteiger partial charge in [0, 0.05) is 35.4 Å². The molecular formula is C16H25Cl2N3O2S. The van der Waals surface area contributed by atoms with Crippen molar-refractivity contribution in [2.45, 2.75) is 32.7 Å². The normalized spacial score (nSPS) is 13.6. The zero-order valence-corrected chi connectivity index (χ0v) is 16.6. The Bertz CT molecular complexity index is 643. The molecule has 0 spiro atoms. The van der Waals surface area contributed by atoms with Crippen molar-refractivity contribution in [1.82, 2.24) is 10.6 Å². The number of benzene rings is 1. The summed E-state index contributed by atoms with van der Waals surface area (Å²) in [5.74, 6) is 0.803. The fourth-order valence-electron chi connectivity index (χ4n) is 2.07. The number of aliphatic imine (C=N–C) groups is 1. The molecule has 0 aliphatic heterocycles. The van der Waals surface area contributed by atoms with Gasteiger partial charge in [0.25, 0.3) is 0 Å². The van der Waals surface area contributed by atoms with Gasteiger partial charge in [0.15, 0.2) is 5.96 Å². The first-order valence-corrected chi connectivity index (χ1v) is 10.7. The van der Waals surface area contributed by atoms with E-state index in [1.807, 2.05) is 32.0 Å². The topological polar surface area (TPSA) is 70.6 Å². The first-order chi connectivity index (χ1) is 11.2. The Kier molecular flexibility index (Phi) is 8.87. The van der Waals surface area contributed by atoms with Crippen molar-refractivity contribution in [2.24, 2.45) is 4.99 Å². The monoisotopic (exact) mass is 393 g/mol. The first kappa shape index (κ1) is 21.1. The van der Waals surface area contributed by atoms with Crippen molar-refractivity contribution in [3.63, 3.8) is 0 Å². The second kappa shape index (κ2) is 10.1. The van der Waals surface area contributed by atoms with Gasteiger partial charge >= 0.3 is 0 Å². The number of nitrogens with one attached hydrogen (secondary N) is 2. The second-order valence-electron chi connectivity index (χ2n) is 5.67. The van der Waals surface area contributed by atoms with Gasteiger partial charge in [0.05, 0.1) is 5.75 Å². The summed E-state index contributed by atoms with van der Waals surface area (Å²) < 4.78 is 22.5. The summed E-state index contributed by atoms with van der Waals surface area (Å²) >= 11 is 12.3. The predicted octanol–water partition coefficient (Wildman–Crippen LogP) is 2.91. The third-order valence-electron chi connectivity index (χ3n) is 3.34. The molecule has 1 rings (SSSR count). The van der Waals surface area contributed by atoms with Crippen LogP contribution >= 0.6 is 23.2 Å². The van der Waals surface area contributed by atoms with E-state index in [-0.39, 0.29) is 11.8 Å². The molecule has 24 heavy (non-hydrogen) atoms. The zero-order chi connectivity index (χ0) is 18.2. The molecule has 0 saturated carbocycles. The molecule has 136 valence electrons. The Morgan fingerprint density at radius 1 is 1.29 bits per heavy atom. The van der Waals surface area contributed by atoms with Gasteiger partial charge in [-0.25, -0.2) is 8.42 Å². The summed E-state index contributed by atoms with van der Waals surface area (Å²) in [6, 6.07) is 5.43. The van der Waals surface area contributed by atoms with Crippen molar-refractivity contribution in [3.8, 4) is 0 Å². The SMILES string of the molecule is CCNC(=NCCc1c(Cl)cccc1Cl)NC(C)CCS(C)(=O)=O. The van der Waals surface area contributed by atoms with E-state index in [4.69, 9.17) is 23.2 Å². The number of guanidine groups is 1. The standard InChI is InChI=1S/C16H25Cl2N3O2S/c1-4-19-16(21-12(2)9-11-24(3,22)23)20-10-8-13-14(17)6-5-7-15(13)18/h5-7,12H,4,8-11H2,1-3H3,(H2,19,20,21). The minimum atomic E-state index is -2.96. The van der Waals surface area contributed by atoms with Crippen molar-refractivity contribution >= 4 is 39.0 Å². The highest BCUT2D eigenvalue weighted by Gasteiger charge is 2.10. The Morgan fingerprint density at radius 3 is 2.46 bits per heavy atom. The minimum Gasteiger partial charge on any atom is -0.357 e. The molecule has 0 heterocycles. The molecule has 0 bridgehead atoms. The van der Waals surface area contributed by atoms with Crippen molar-refractivity contribution in [1.29, 1.82) is 0 Å². The minimum absolute atomic E-state index is 0.00132. The van der Waals surface area contributed by atoms with Crippen LogP contribution in [0.1, 0.15) is 25.8 Å². The highest BCUT2D eigenvalue weighted by Crippen LogP contribution is 2.24. The van der Waals surface area contributed by atoms with Crippen LogP contribution in [0.3, 0.4) is 0 Å². The lowest BCUT2D eigenvalue weighted by atomic mass is 10.1. The number of halogens is 2. The molecule has 0 aliphatic carbocycles.